The van der Waals surface area contributed by atoms with Gasteiger partial charge in [-0.1, -0.05) is 39.8 Å². The van der Waals surface area contributed by atoms with E-state index in [0.29, 0.717) is 17.9 Å². The summed E-state index contributed by atoms with van der Waals surface area (Å²) in [6.45, 7) is 12.8. The fourth-order valence-corrected chi connectivity index (χ4v) is 2.15. The Morgan fingerprint density at radius 1 is 1.06 bits per heavy atom. The average molecular weight is 249 g/mol. The summed E-state index contributed by atoms with van der Waals surface area (Å²) >= 11 is 0. The van der Waals surface area contributed by atoms with Gasteiger partial charge >= 0.3 is 0 Å². The highest BCUT2D eigenvalue weighted by Crippen LogP contribution is 2.28. The van der Waals surface area contributed by atoms with Crippen molar-refractivity contribution in [2.45, 2.75) is 40.7 Å². The molecule has 0 spiro atoms. The lowest BCUT2D eigenvalue weighted by molar-refractivity contribution is 0.306. The van der Waals surface area contributed by atoms with Crippen LogP contribution in [0.3, 0.4) is 0 Å². The van der Waals surface area contributed by atoms with E-state index in [0.717, 1.165) is 18.9 Å². The van der Waals surface area contributed by atoms with E-state index in [4.69, 9.17) is 4.74 Å². The van der Waals surface area contributed by atoms with E-state index < -0.39 is 0 Å². The average Bonchev–Trinajstić information content (AvgIpc) is 2.36. The summed E-state index contributed by atoms with van der Waals surface area (Å²) in [6.07, 6.45) is 0. The molecular formula is C16H27NO. The van der Waals surface area contributed by atoms with Crippen LogP contribution in [-0.2, 0) is 0 Å². The third kappa shape index (κ3) is 4.02. The number of benzene rings is 1. The number of nitrogens with one attached hydrogen (secondary N) is 1. The zero-order valence-corrected chi connectivity index (χ0v) is 12.4. The van der Waals surface area contributed by atoms with Gasteiger partial charge in [0.1, 0.15) is 5.75 Å². The zero-order chi connectivity index (χ0) is 13.5. The predicted molar refractivity (Wildman–Crippen MR) is 78.0 cm³/mol. The molecule has 0 amide bonds. The molecule has 0 fully saturated rings. The molecule has 102 valence electrons. The molecule has 0 saturated heterocycles. The Morgan fingerprint density at radius 3 is 2.11 bits per heavy atom. The van der Waals surface area contributed by atoms with E-state index in [1.807, 2.05) is 6.92 Å². The number of hydrogen-bond donors (Lipinski definition) is 1. The first-order valence-electron chi connectivity index (χ1n) is 7.06. The van der Waals surface area contributed by atoms with Crippen molar-refractivity contribution < 1.29 is 4.74 Å². The summed E-state index contributed by atoms with van der Waals surface area (Å²) in [7, 11) is 0. The van der Waals surface area contributed by atoms with Crippen LogP contribution in [0.5, 0.6) is 5.75 Å². The molecule has 1 aromatic carbocycles. The lowest BCUT2D eigenvalue weighted by Crippen LogP contribution is -2.29. The molecule has 0 aliphatic rings. The van der Waals surface area contributed by atoms with Gasteiger partial charge in [0.15, 0.2) is 0 Å². The highest BCUT2D eigenvalue weighted by Gasteiger charge is 2.20. The Bertz CT molecular complexity index is 331. The van der Waals surface area contributed by atoms with Crippen molar-refractivity contribution in [2.24, 2.45) is 11.8 Å². The Hall–Kier alpha value is -1.02. The van der Waals surface area contributed by atoms with Crippen molar-refractivity contribution in [2.75, 3.05) is 13.2 Å². The third-order valence-electron chi connectivity index (χ3n) is 3.55. The monoisotopic (exact) mass is 249 g/mol. The van der Waals surface area contributed by atoms with Crippen LogP contribution in [0.2, 0.25) is 0 Å². The molecule has 0 aromatic heterocycles. The van der Waals surface area contributed by atoms with E-state index in [2.05, 4.69) is 57.3 Å². The van der Waals surface area contributed by atoms with Crippen molar-refractivity contribution in [1.82, 2.24) is 5.32 Å². The van der Waals surface area contributed by atoms with E-state index in [1.54, 1.807) is 0 Å². The van der Waals surface area contributed by atoms with Gasteiger partial charge in [0.05, 0.1) is 6.61 Å². The second-order valence-corrected chi connectivity index (χ2v) is 5.14. The minimum absolute atomic E-state index is 0.422. The Kier molecular flexibility index (Phi) is 6.20. The molecule has 0 radical (unpaired) electrons. The quantitative estimate of drug-likeness (QED) is 0.788. The van der Waals surface area contributed by atoms with Crippen LogP contribution in [0.1, 0.15) is 46.2 Å². The van der Waals surface area contributed by atoms with Crippen molar-refractivity contribution in [3.63, 3.8) is 0 Å². The molecule has 1 N–H and O–H groups in total. The van der Waals surface area contributed by atoms with Gasteiger partial charge in [0, 0.05) is 6.04 Å². The summed E-state index contributed by atoms with van der Waals surface area (Å²) in [5.41, 5.74) is 1.35. The smallest absolute Gasteiger partial charge is 0.119 e. The van der Waals surface area contributed by atoms with Gasteiger partial charge < -0.3 is 10.1 Å². The van der Waals surface area contributed by atoms with Gasteiger partial charge in [-0.05, 0) is 43.0 Å². The van der Waals surface area contributed by atoms with Crippen molar-refractivity contribution in [1.29, 1.82) is 0 Å². The second kappa shape index (κ2) is 7.42. The van der Waals surface area contributed by atoms with Gasteiger partial charge in [-0.2, -0.15) is 0 Å². The van der Waals surface area contributed by atoms with Crippen molar-refractivity contribution in [3.05, 3.63) is 29.8 Å². The Balaban J connectivity index is 2.84. The van der Waals surface area contributed by atoms with E-state index in [1.165, 1.54) is 5.56 Å². The molecular weight excluding hydrogens is 222 g/mol. The van der Waals surface area contributed by atoms with Crippen molar-refractivity contribution in [3.8, 4) is 5.75 Å². The molecule has 1 aromatic rings. The molecule has 0 saturated carbocycles. The van der Waals surface area contributed by atoms with Crippen LogP contribution in [0, 0.1) is 11.8 Å². The second-order valence-electron chi connectivity index (χ2n) is 5.14. The number of rotatable bonds is 7. The van der Waals surface area contributed by atoms with Crippen LogP contribution >= 0.6 is 0 Å². The largest absolute Gasteiger partial charge is 0.494 e. The fraction of sp³-hybridized carbons (Fsp3) is 0.625. The summed E-state index contributed by atoms with van der Waals surface area (Å²) in [4.78, 5) is 0. The normalized spacial score (nSPS) is 14.6. The molecule has 2 unspecified atom stereocenters. The van der Waals surface area contributed by atoms with Crippen LogP contribution in [0.4, 0.5) is 0 Å². The van der Waals surface area contributed by atoms with Gasteiger partial charge in [-0.3, -0.25) is 0 Å². The highest BCUT2D eigenvalue weighted by atomic mass is 16.5. The predicted octanol–water partition coefficient (Wildman–Crippen LogP) is 4.03. The van der Waals surface area contributed by atoms with Gasteiger partial charge in [-0.25, -0.2) is 0 Å². The summed E-state index contributed by atoms with van der Waals surface area (Å²) in [6, 6.07) is 8.91. The number of hydrogen-bond acceptors (Lipinski definition) is 2. The summed E-state index contributed by atoms with van der Waals surface area (Å²) < 4.78 is 5.49. The maximum Gasteiger partial charge on any atom is 0.119 e. The molecule has 0 aliphatic carbocycles. The van der Waals surface area contributed by atoms with Gasteiger partial charge in [0.2, 0.25) is 0 Å². The molecule has 18 heavy (non-hydrogen) atoms. The Labute approximate surface area is 112 Å². The fourth-order valence-electron chi connectivity index (χ4n) is 2.15. The molecule has 1 rings (SSSR count). The molecule has 0 aliphatic heterocycles. The standard InChI is InChI=1S/C16H27NO/c1-6-17-16(13(5)12(3)4)14-8-10-15(11-9-14)18-7-2/h8-13,16-17H,6-7H2,1-5H3. The number of ether oxygens (including phenoxy) is 1. The zero-order valence-electron chi connectivity index (χ0n) is 12.4. The molecule has 2 heteroatoms. The van der Waals surface area contributed by atoms with Crippen LogP contribution < -0.4 is 10.1 Å². The molecule has 2 atom stereocenters. The maximum absolute atomic E-state index is 5.49. The third-order valence-corrected chi connectivity index (χ3v) is 3.55. The first kappa shape index (κ1) is 15.0. The van der Waals surface area contributed by atoms with Crippen molar-refractivity contribution >= 4 is 0 Å². The summed E-state index contributed by atoms with van der Waals surface area (Å²) in [5, 5.41) is 3.59. The maximum atomic E-state index is 5.49. The Morgan fingerprint density at radius 2 is 1.67 bits per heavy atom. The minimum atomic E-state index is 0.422. The van der Waals surface area contributed by atoms with Crippen LogP contribution in [0.25, 0.3) is 0 Å². The highest BCUT2D eigenvalue weighted by molar-refractivity contribution is 5.29. The van der Waals surface area contributed by atoms with Crippen LogP contribution in [-0.4, -0.2) is 13.2 Å². The van der Waals surface area contributed by atoms with Gasteiger partial charge in [0.25, 0.3) is 0 Å². The van der Waals surface area contributed by atoms with E-state index >= 15 is 0 Å². The van der Waals surface area contributed by atoms with E-state index in [-0.39, 0.29) is 0 Å². The first-order chi connectivity index (χ1) is 8.60. The minimum Gasteiger partial charge on any atom is -0.494 e. The summed E-state index contributed by atoms with van der Waals surface area (Å²) in [5.74, 6) is 2.23. The molecule has 2 nitrogen and oxygen atoms in total. The van der Waals surface area contributed by atoms with E-state index in [9.17, 15) is 0 Å². The SMILES string of the molecule is CCNC(c1ccc(OCC)cc1)C(C)C(C)C. The lowest BCUT2D eigenvalue weighted by atomic mass is 9.86. The van der Waals surface area contributed by atoms with Crippen LogP contribution in [0.15, 0.2) is 24.3 Å². The first-order valence-corrected chi connectivity index (χ1v) is 7.06. The topological polar surface area (TPSA) is 21.3 Å². The van der Waals surface area contributed by atoms with Gasteiger partial charge in [-0.15, -0.1) is 0 Å². The molecule has 0 bridgehead atoms. The molecule has 0 heterocycles. The lowest BCUT2D eigenvalue weighted by Gasteiger charge is -2.28.